The highest BCUT2D eigenvalue weighted by atomic mass is 16.5. The summed E-state index contributed by atoms with van der Waals surface area (Å²) in [5.74, 6) is 0.373. The zero-order chi connectivity index (χ0) is 11.6. The number of hydrogen-bond donors (Lipinski definition) is 1. The van der Waals surface area contributed by atoms with Gasteiger partial charge in [0, 0.05) is 6.42 Å². The molecule has 1 rings (SSSR count). The molecule has 0 saturated heterocycles. The Morgan fingerprint density at radius 3 is 2.53 bits per heavy atom. The second kappa shape index (κ2) is 4.52. The van der Waals surface area contributed by atoms with Crippen molar-refractivity contribution in [1.82, 2.24) is 0 Å². The van der Waals surface area contributed by atoms with Crippen molar-refractivity contribution in [3.8, 4) is 0 Å². The van der Waals surface area contributed by atoms with Crippen LogP contribution >= 0.6 is 0 Å². The summed E-state index contributed by atoms with van der Waals surface area (Å²) in [5, 5.41) is 9.99. The van der Waals surface area contributed by atoms with Crippen LogP contribution < -0.4 is 0 Å². The summed E-state index contributed by atoms with van der Waals surface area (Å²) < 4.78 is 4.95. The van der Waals surface area contributed by atoms with Crippen molar-refractivity contribution in [1.29, 1.82) is 0 Å². The Morgan fingerprint density at radius 2 is 2.13 bits per heavy atom. The summed E-state index contributed by atoms with van der Waals surface area (Å²) in [5.41, 5.74) is -0.174. The maximum absolute atomic E-state index is 11.4. The van der Waals surface area contributed by atoms with Gasteiger partial charge in [-0.1, -0.05) is 20.8 Å². The lowest BCUT2D eigenvalue weighted by atomic mass is 9.78. The van der Waals surface area contributed by atoms with Crippen LogP contribution in [0.5, 0.6) is 0 Å². The van der Waals surface area contributed by atoms with E-state index in [2.05, 4.69) is 0 Å². The van der Waals surface area contributed by atoms with Gasteiger partial charge in [0.25, 0.3) is 0 Å². The van der Waals surface area contributed by atoms with E-state index < -0.39 is 0 Å². The van der Waals surface area contributed by atoms with E-state index in [1.54, 1.807) is 0 Å². The first kappa shape index (κ1) is 12.5. The molecule has 0 unspecified atom stereocenters. The highest BCUT2D eigenvalue weighted by Gasteiger charge is 2.47. The lowest BCUT2D eigenvalue weighted by Gasteiger charge is -2.30. The Kier molecular flexibility index (Phi) is 3.77. The summed E-state index contributed by atoms with van der Waals surface area (Å²) in [7, 11) is 0. The van der Waals surface area contributed by atoms with Crippen LogP contribution in [0, 0.1) is 17.3 Å². The molecule has 0 aromatic rings. The van der Waals surface area contributed by atoms with Gasteiger partial charge in [-0.3, -0.25) is 4.79 Å². The maximum atomic E-state index is 11.4. The molecule has 0 aromatic heterocycles. The minimum absolute atomic E-state index is 0.142. The van der Waals surface area contributed by atoms with Crippen LogP contribution in [0.2, 0.25) is 0 Å². The minimum atomic E-state index is -0.308. The molecule has 3 heteroatoms. The fourth-order valence-electron chi connectivity index (χ4n) is 2.62. The van der Waals surface area contributed by atoms with E-state index in [0.29, 0.717) is 13.0 Å². The van der Waals surface area contributed by atoms with Crippen LogP contribution in [-0.4, -0.2) is 23.8 Å². The van der Waals surface area contributed by atoms with Crippen LogP contribution in [0.4, 0.5) is 0 Å². The molecular formula is C12H22O3. The molecule has 1 aliphatic carbocycles. The van der Waals surface area contributed by atoms with Crippen molar-refractivity contribution in [3.63, 3.8) is 0 Å². The standard InChI is InChI=1S/C12H22O3/c1-5-15-10(13)7-9-6-8(2)11(14)12(9,3)4/h8-9,11,14H,5-7H2,1-4H3/t8-,9-,11-/m0/s1. The molecule has 3 atom stereocenters. The van der Waals surface area contributed by atoms with Gasteiger partial charge >= 0.3 is 5.97 Å². The van der Waals surface area contributed by atoms with Gasteiger partial charge in [0.05, 0.1) is 12.7 Å². The van der Waals surface area contributed by atoms with Gasteiger partial charge < -0.3 is 9.84 Å². The van der Waals surface area contributed by atoms with Gasteiger partial charge in [0.15, 0.2) is 0 Å². The van der Waals surface area contributed by atoms with Crippen molar-refractivity contribution in [2.24, 2.45) is 17.3 Å². The Balaban J connectivity index is 2.60. The molecule has 88 valence electrons. The highest BCUT2D eigenvalue weighted by molar-refractivity contribution is 5.69. The number of carbonyl (C=O) groups excluding carboxylic acids is 1. The molecule has 1 N–H and O–H groups in total. The zero-order valence-corrected chi connectivity index (χ0v) is 10.1. The Bertz CT molecular complexity index is 235. The molecule has 1 aliphatic rings. The Morgan fingerprint density at radius 1 is 1.53 bits per heavy atom. The smallest absolute Gasteiger partial charge is 0.306 e. The van der Waals surface area contributed by atoms with Gasteiger partial charge in [-0.15, -0.1) is 0 Å². The second-order valence-electron chi connectivity index (χ2n) is 5.19. The summed E-state index contributed by atoms with van der Waals surface area (Å²) >= 11 is 0. The fraction of sp³-hybridized carbons (Fsp3) is 0.917. The third-order valence-electron chi connectivity index (χ3n) is 3.73. The van der Waals surface area contributed by atoms with Crippen LogP contribution in [-0.2, 0) is 9.53 Å². The fourth-order valence-corrected chi connectivity index (χ4v) is 2.62. The van der Waals surface area contributed by atoms with Crippen LogP contribution in [0.15, 0.2) is 0 Å². The monoisotopic (exact) mass is 214 g/mol. The van der Waals surface area contributed by atoms with Crippen LogP contribution in [0.1, 0.15) is 40.5 Å². The first-order valence-corrected chi connectivity index (χ1v) is 5.73. The van der Waals surface area contributed by atoms with E-state index in [0.717, 1.165) is 6.42 Å². The molecule has 0 radical (unpaired) electrons. The molecule has 0 amide bonds. The highest BCUT2D eigenvalue weighted by Crippen LogP contribution is 2.47. The van der Waals surface area contributed by atoms with E-state index in [9.17, 15) is 9.90 Å². The predicted octanol–water partition coefficient (Wildman–Crippen LogP) is 1.98. The molecule has 0 spiro atoms. The first-order valence-electron chi connectivity index (χ1n) is 5.73. The van der Waals surface area contributed by atoms with E-state index >= 15 is 0 Å². The second-order valence-corrected chi connectivity index (χ2v) is 5.19. The van der Waals surface area contributed by atoms with E-state index in [1.807, 2.05) is 27.7 Å². The zero-order valence-electron chi connectivity index (χ0n) is 10.1. The van der Waals surface area contributed by atoms with Crippen molar-refractivity contribution < 1.29 is 14.6 Å². The molecule has 0 bridgehead atoms. The minimum Gasteiger partial charge on any atom is -0.466 e. The molecule has 15 heavy (non-hydrogen) atoms. The largest absolute Gasteiger partial charge is 0.466 e. The quantitative estimate of drug-likeness (QED) is 0.731. The SMILES string of the molecule is CCOC(=O)C[C@@H]1C[C@H](C)[C@H](O)C1(C)C. The molecule has 1 saturated carbocycles. The maximum Gasteiger partial charge on any atom is 0.306 e. The van der Waals surface area contributed by atoms with Crippen molar-refractivity contribution in [2.45, 2.75) is 46.6 Å². The first-order chi connectivity index (χ1) is 6.89. The summed E-state index contributed by atoms with van der Waals surface area (Å²) in [6, 6.07) is 0. The third kappa shape index (κ3) is 2.51. The number of rotatable bonds is 3. The Hall–Kier alpha value is -0.570. The molecule has 0 aromatic carbocycles. The van der Waals surface area contributed by atoms with E-state index in [1.165, 1.54) is 0 Å². The normalized spacial score (nSPS) is 34.1. The molecule has 1 fully saturated rings. The molecule has 0 aliphatic heterocycles. The van der Waals surface area contributed by atoms with E-state index in [4.69, 9.17) is 4.74 Å². The van der Waals surface area contributed by atoms with Crippen molar-refractivity contribution in [3.05, 3.63) is 0 Å². The van der Waals surface area contributed by atoms with Crippen molar-refractivity contribution >= 4 is 5.97 Å². The molecular weight excluding hydrogens is 192 g/mol. The van der Waals surface area contributed by atoms with Crippen molar-refractivity contribution in [2.75, 3.05) is 6.61 Å². The summed E-state index contributed by atoms with van der Waals surface area (Å²) in [6.45, 7) is 8.35. The Labute approximate surface area is 91.8 Å². The van der Waals surface area contributed by atoms with Crippen LogP contribution in [0.25, 0.3) is 0 Å². The van der Waals surface area contributed by atoms with Gasteiger partial charge in [-0.2, -0.15) is 0 Å². The number of carbonyl (C=O) groups is 1. The number of aliphatic hydroxyl groups excluding tert-OH is 1. The number of hydrogen-bond acceptors (Lipinski definition) is 3. The predicted molar refractivity (Wildman–Crippen MR) is 58.3 cm³/mol. The third-order valence-corrected chi connectivity index (χ3v) is 3.73. The molecule has 3 nitrogen and oxygen atoms in total. The average Bonchev–Trinajstić information content (AvgIpc) is 2.31. The average molecular weight is 214 g/mol. The van der Waals surface area contributed by atoms with Gasteiger partial charge in [-0.05, 0) is 30.6 Å². The number of esters is 1. The number of ether oxygens (including phenoxy) is 1. The van der Waals surface area contributed by atoms with Gasteiger partial charge in [0.1, 0.15) is 0 Å². The van der Waals surface area contributed by atoms with Gasteiger partial charge in [0.2, 0.25) is 0 Å². The number of aliphatic hydroxyl groups is 1. The summed E-state index contributed by atoms with van der Waals surface area (Å²) in [6.07, 6.45) is 1.03. The lowest BCUT2D eigenvalue weighted by molar-refractivity contribution is -0.145. The van der Waals surface area contributed by atoms with Gasteiger partial charge in [-0.25, -0.2) is 0 Å². The lowest BCUT2D eigenvalue weighted by Crippen LogP contribution is -2.32. The van der Waals surface area contributed by atoms with Crippen LogP contribution in [0.3, 0.4) is 0 Å². The summed E-state index contributed by atoms with van der Waals surface area (Å²) in [4.78, 5) is 11.4. The topological polar surface area (TPSA) is 46.5 Å². The molecule has 0 heterocycles. The van der Waals surface area contributed by atoms with E-state index in [-0.39, 0.29) is 29.3 Å².